The Labute approximate surface area is 102 Å². The second kappa shape index (κ2) is 5.31. The number of nitrogens with zero attached hydrogens (tertiary/aromatic N) is 2. The molecule has 0 aromatic carbocycles. The van der Waals surface area contributed by atoms with Crippen LogP contribution in [0, 0.1) is 0 Å². The molecule has 1 unspecified atom stereocenters. The van der Waals surface area contributed by atoms with Crippen LogP contribution in [0.2, 0.25) is 0 Å². The van der Waals surface area contributed by atoms with Crippen molar-refractivity contribution in [1.82, 2.24) is 15.1 Å². The van der Waals surface area contributed by atoms with Crippen molar-refractivity contribution in [2.75, 3.05) is 7.11 Å². The van der Waals surface area contributed by atoms with E-state index in [2.05, 4.69) is 35.9 Å². The standard InChI is InChI=1S/C12H21N3O2/c1-9(11(16)17-5)13-6-10-7-14-15(8-10)12(2,3)4/h7-9,13H,6H2,1-5H3. The number of carbonyl (C=O) groups is 1. The summed E-state index contributed by atoms with van der Waals surface area (Å²) in [6.07, 6.45) is 3.79. The van der Waals surface area contributed by atoms with Crippen molar-refractivity contribution in [2.45, 2.75) is 45.8 Å². The minimum Gasteiger partial charge on any atom is -0.468 e. The molecule has 1 aromatic heterocycles. The van der Waals surface area contributed by atoms with Gasteiger partial charge in [0.2, 0.25) is 0 Å². The number of ether oxygens (including phenoxy) is 1. The van der Waals surface area contributed by atoms with Gasteiger partial charge in [0.1, 0.15) is 6.04 Å². The van der Waals surface area contributed by atoms with Crippen molar-refractivity contribution in [3.8, 4) is 0 Å². The van der Waals surface area contributed by atoms with E-state index >= 15 is 0 Å². The largest absolute Gasteiger partial charge is 0.468 e. The first kappa shape index (κ1) is 13.7. The lowest BCUT2D eigenvalue weighted by atomic mass is 10.1. The van der Waals surface area contributed by atoms with Gasteiger partial charge in [0.05, 0.1) is 18.8 Å². The number of carbonyl (C=O) groups excluding carboxylic acids is 1. The van der Waals surface area contributed by atoms with Crippen LogP contribution in [-0.4, -0.2) is 28.9 Å². The molecule has 0 aliphatic rings. The number of hydrogen-bond donors (Lipinski definition) is 1. The summed E-state index contributed by atoms with van der Waals surface area (Å²) in [5.74, 6) is -0.256. The summed E-state index contributed by atoms with van der Waals surface area (Å²) in [4.78, 5) is 11.2. The lowest BCUT2D eigenvalue weighted by Crippen LogP contribution is -2.34. The Morgan fingerprint density at radius 2 is 2.24 bits per heavy atom. The smallest absolute Gasteiger partial charge is 0.322 e. The van der Waals surface area contributed by atoms with E-state index in [4.69, 9.17) is 0 Å². The third kappa shape index (κ3) is 3.85. The van der Waals surface area contributed by atoms with Gasteiger partial charge in [-0.15, -0.1) is 0 Å². The summed E-state index contributed by atoms with van der Waals surface area (Å²) >= 11 is 0. The molecule has 17 heavy (non-hydrogen) atoms. The Kier molecular flexibility index (Phi) is 4.28. The minimum absolute atomic E-state index is 0.0216. The van der Waals surface area contributed by atoms with Crippen LogP contribution in [-0.2, 0) is 21.6 Å². The van der Waals surface area contributed by atoms with Crippen molar-refractivity contribution in [3.05, 3.63) is 18.0 Å². The van der Waals surface area contributed by atoms with Crippen LogP contribution in [0.5, 0.6) is 0 Å². The molecule has 0 fully saturated rings. The molecule has 1 aromatic rings. The fraction of sp³-hybridized carbons (Fsp3) is 0.667. The van der Waals surface area contributed by atoms with Crippen LogP contribution < -0.4 is 5.32 Å². The first-order valence-corrected chi connectivity index (χ1v) is 5.70. The molecule has 0 spiro atoms. The molecular weight excluding hydrogens is 218 g/mol. The molecule has 5 nitrogen and oxygen atoms in total. The van der Waals surface area contributed by atoms with Crippen LogP contribution in [0.15, 0.2) is 12.4 Å². The van der Waals surface area contributed by atoms with Crippen molar-refractivity contribution in [3.63, 3.8) is 0 Å². The van der Waals surface area contributed by atoms with Gasteiger partial charge in [-0.05, 0) is 27.7 Å². The van der Waals surface area contributed by atoms with E-state index < -0.39 is 0 Å². The third-order valence-electron chi connectivity index (χ3n) is 2.49. The molecule has 0 aliphatic heterocycles. The summed E-state index contributed by atoms with van der Waals surface area (Å²) in [5.41, 5.74) is 1.03. The molecule has 1 atom stereocenters. The Morgan fingerprint density at radius 1 is 1.59 bits per heavy atom. The maximum atomic E-state index is 11.2. The summed E-state index contributed by atoms with van der Waals surface area (Å²) in [7, 11) is 1.39. The van der Waals surface area contributed by atoms with E-state index in [1.165, 1.54) is 7.11 Å². The summed E-state index contributed by atoms with van der Waals surface area (Å²) in [5, 5.41) is 7.38. The van der Waals surface area contributed by atoms with E-state index in [1.807, 2.05) is 17.1 Å². The van der Waals surface area contributed by atoms with Gasteiger partial charge < -0.3 is 10.1 Å². The zero-order chi connectivity index (χ0) is 13.1. The second-order valence-electron chi connectivity index (χ2n) is 5.09. The number of nitrogens with one attached hydrogen (secondary N) is 1. The highest BCUT2D eigenvalue weighted by atomic mass is 16.5. The lowest BCUT2D eigenvalue weighted by molar-refractivity contribution is -0.142. The number of rotatable bonds is 4. The molecule has 0 saturated heterocycles. The lowest BCUT2D eigenvalue weighted by Gasteiger charge is -2.18. The molecule has 96 valence electrons. The van der Waals surface area contributed by atoms with Gasteiger partial charge in [-0.25, -0.2) is 0 Å². The first-order valence-electron chi connectivity index (χ1n) is 5.70. The van der Waals surface area contributed by atoms with E-state index in [0.29, 0.717) is 6.54 Å². The molecule has 0 radical (unpaired) electrons. The third-order valence-corrected chi connectivity index (χ3v) is 2.49. The van der Waals surface area contributed by atoms with Crippen LogP contribution in [0.3, 0.4) is 0 Å². The van der Waals surface area contributed by atoms with Crippen molar-refractivity contribution < 1.29 is 9.53 Å². The van der Waals surface area contributed by atoms with E-state index in [-0.39, 0.29) is 17.6 Å². The Hall–Kier alpha value is -1.36. The highest BCUT2D eigenvalue weighted by molar-refractivity contribution is 5.75. The highest BCUT2D eigenvalue weighted by Crippen LogP contribution is 2.13. The van der Waals surface area contributed by atoms with Crippen molar-refractivity contribution in [2.24, 2.45) is 0 Å². The summed E-state index contributed by atoms with van der Waals surface area (Å²) < 4.78 is 6.55. The normalized spacial score (nSPS) is 13.5. The van der Waals surface area contributed by atoms with Gasteiger partial charge in [-0.2, -0.15) is 5.10 Å². The summed E-state index contributed by atoms with van der Waals surface area (Å²) in [6.45, 7) is 8.66. The van der Waals surface area contributed by atoms with Gasteiger partial charge in [0.15, 0.2) is 0 Å². The Balaban J connectivity index is 2.53. The van der Waals surface area contributed by atoms with Gasteiger partial charge in [0, 0.05) is 18.3 Å². The second-order valence-corrected chi connectivity index (χ2v) is 5.09. The number of esters is 1. The topological polar surface area (TPSA) is 56.1 Å². The molecule has 1 rings (SSSR count). The van der Waals surface area contributed by atoms with Crippen LogP contribution in [0.4, 0.5) is 0 Å². The van der Waals surface area contributed by atoms with Crippen molar-refractivity contribution >= 4 is 5.97 Å². The number of methoxy groups -OCH3 is 1. The Morgan fingerprint density at radius 3 is 2.71 bits per heavy atom. The fourth-order valence-electron chi connectivity index (χ4n) is 1.35. The molecular formula is C12H21N3O2. The average Bonchev–Trinajstić information content (AvgIpc) is 2.72. The highest BCUT2D eigenvalue weighted by Gasteiger charge is 2.15. The SMILES string of the molecule is COC(=O)C(C)NCc1cnn(C(C)(C)C)c1. The molecule has 0 amide bonds. The van der Waals surface area contributed by atoms with Gasteiger partial charge >= 0.3 is 5.97 Å². The first-order chi connectivity index (χ1) is 7.84. The predicted molar refractivity (Wildman–Crippen MR) is 65.5 cm³/mol. The maximum absolute atomic E-state index is 11.2. The maximum Gasteiger partial charge on any atom is 0.322 e. The monoisotopic (exact) mass is 239 g/mol. The molecule has 0 saturated carbocycles. The van der Waals surface area contributed by atoms with Gasteiger partial charge in [-0.1, -0.05) is 0 Å². The molecule has 1 heterocycles. The van der Waals surface area contributed by atoms with E-state index in [0.717, 1.165) is 5.56 Å². The number of hydrogen-bond acceptors (Lipinski definition) is 4. The van der Waals surface area contributed by atoms with E-state index in [1.54, 1.807) is 6.92 Å². The minimum atomic E-state index is -0.307. The predicted octanol–water partition coefficient (Wildman–Crippen LogP) is 1.29. The van der Waals surface area contributed by atoms with Gasteiger partial charge in [0.25, 0.3) is 0 Å². The average molecular weight is 239 g/mol. The van der Waals surface area contributed by atoms with Gasteiger partial charge in [-0.3, -0.25) is 9.48 Å². The summed E-state index contributed by atoms with van der Waals surface area (Å²) in [6, 6.07) is -0.307. The van der Waals surface area contributed by atoms with E-state index in [9.17, 15) is 4.79 Å². The van der Waals surface area contributed by atoms with Crippen LogP contribution in [0.25, 0.3) is 0 Å². The molecule has 0 aliphatic carbocycles. The fourth-order valence-corrected chi connectivity index (χ4v) is 1.35. The molecule has 1 N–H and O–H groups in total. The zero-order valence-corrected chi connectivity index (χ0v) is 11.2. The van der Waals surface area contributed by atoms with Crippen LogP contribution >= 0.6 is 0 Å². The quantitative estimate of drug-likeness (QED) is 0.804. The van der Waals surface area contributed by atoms with Crippen molar-refractivity contribution in [1.29, 1.82) is 0 Å². The zero-order valence-electron chi connectivity index (χ0n) is 11.2. The number of aromatic nitrogens is 2. The molecule has 5 heteroatoms. The molecule has 0 bridgehead atoms. The van der Waals surface area contributed by atoms with Crippen LogP contribution in [0.1, 0.15) is 33.3 Å². The Bertz CT molecular complexity index is 379.